The number of hydrogen-bond acceptors (Lipinski definition) is 7. The van der Waals surface area contributed by atoms with Gasteiger partial charge in [0.1, 0.15) is 11.5 Å². The van der Waals surface area contributed by atoms with Crippen LogP contribution in [0.15, 0.2) is 42.5 Å². The number of carbonyl (C=O) groups is 1. The highest BCUT2D eigenvalue weighted by molar-refractivity contribution is 7.92. The molecule has 0 aromatic heterocycles. The summed E-state index contributed by atoms with van der Waals surface area (Å²) in [5.74, 6) is 0.629. The van der Waals surface area contributed by atoms with E-state index >= 15 is 0 Å². The van der Waals surface area contributed by atoms with Gasteiger partial charge in [-0.1, -0.05) is 0 Å². The van der Waals surface area contributed by atoms with Crippen molar-refractivity contribution in [1.82, 2.24) is 5.32 Å². The van der Waals surface area contributed by atoms with Crippen molar-refractivity contribution in [2.45, 2.75) is 13.5 Å². The molecule has 2 rings (SSSR count). The third-order valence-corrected chi connectivity index (χ3v) is 5.18. The van der Waals surface area contributed by atoms with Crippen LogP contribution in [-0.2, 0) is 16.6 Å². The van der Waals surface area contributed by atoms with Crippen LogP contribution in [0.3, 0.4) is 0 Å². The van der Waals surface area contributed by atoms with Gasteiger partial charge in [-0.05, 0) is 42.8 Å². The molecule has 0 aliphatic carbocycles. The first kappa shape index (κ1) is 22.0. The van der Waals surface area contributed by atoms with E-state index in [2.05, 4.69) is 5.32 Å². The van der Waals surface area contributed by atoms with Gasteiger partial charge >= 0.3 is 6.09 Å². The summed E-state index contributed by atoms with van der Waals surface area (Å²) in [6.07, 6.45) is 0.302. The lowest BCUT2D eigenvalue weighted by Gasteiger charge is -2.24. The van der Waals surface area contributed by atoms with E-state index in [1.54, 1.807) is 25.1 Å². The van der Waals surface area contributed by atoms with Crippen molar-refractivity contribution in [1.29, 1.82) is 0 Å². The van der Waals surface area contributed by atoms with E-state index in [1.807, 2.05) is 0 Å². The van der Waals surface area contributed by atoms with Crippen molar-refractivity contribution in [2.24, 2.45) is 0 Å². The molecular formula is C18H21N3O7S. The first-order chi connectivity index (χ1) is 13.7. The van der Waals surface area contributed by atoms with Crippen LogP contribution < -0.4 is 19.1 Å². The third kappa shape index (κ3) is 5.82. The zero-order chi connectivity index (χ0) is 21.6. The molecule has 0 atom stereocenters. The largest absolute Gasteiger partial charge is 0.497 e. The monoisotopic (exact) mass is 423 g/mol. The summed E-state index contributed by atoms with van der Waals surface area (Å²) >= 11 is 0. The highest BCUT2D eigenvalue weighted by Gasteiger charge is 2.19. The topological polar surface area (TPSA) is 128 Å². The molecule has 0 spiro atoms. The molecule has 0 saturated carbocycles. The van der Waals surface area contributed by atoms with Gasteiger partial charge in [-0.15, -0.1) is 0 Å². The van der Waals surface area contributed by atoms with Gasteiger partial charge in [-0.2, -0.15) is 0 Å². The van der Waals surface area contributed by atoms with Crippen molar-refractivity contribution >= 4 is 27.5 Å². The zero-order valence-corrected chi connectivity index (χ0v) is 16.9. The molecule has 0 aliphatic heterocycles. The zero-order valence-electron chi connectivity index (χ0n) is 16.1. The molecule has 1 N–H and O–H groups in total. The van der Waals surface area contributed by atoms with E-state index in [9.17, 15) is 23.3 Å². The third-order valence-electron chi connectivity index (χ3n) is 3.92. The molecule has 2 aromatic rings. The number of ether oxygens (including phenoxy) is 2. The standard InChI is InChI=1S/C18H21N3O7S/c1-4-20(29(3,25)26)17-10-9-16(27-2)11-13(17)12-19-18(22)28-15-7-5-14(6-8-15)21(23)24/h5-11H,4,12H2,1-3H3,(H,19,22). The number of amides is 1. The molecule has 0 radical (unpaired) electrons. The minimum Gasteiger partial charge on any atom is -0.497 e. The number of hydrogen-bond donors (Lipinski definition) is 1. The molecule has 0 aliphatic rings. The molecule has 0 unspecified atom stereocenters. The number of methoxy groups -OCH3 is 1. The number of rotatable bonds is 8. The minimum atomic E-state index is -3.51. The molecule has 156 valence electrons. The van der Waals surface area contributed by atoms with Crippen molar-refractivity contribution in [3.05, 3.63) is 58.1 Å². The van der Waals surface area contributed by atoms with Gasteiger partial charge in [0.2, 0.25) is 10.0 Å². The van der Waals surface area contributed by atoms with Gasteiger partial charge in [-0.25, -0.2) is 13.2 Å². The Kier molecular flexibility index (Phi) is 6.99. The summed E-state index contributed by atoms with van der Waals surface area (Å²) in [6.45, 7) is 1.89. The molecule has 0 bridgehead atoms. The molecule has 0 saturated heterocycles. The number of benzene rings is 2. The number of non-ortho nitro benzene ring substituents is 1. The smallest absolute Gasteiger partial charge is 0.412 e. The van der Waals surface area contributed by atoms with Crippen LogP contribution in [0, 0.1) is 10.1 Å². The second-order valence-electron chi connectivity index (χ2n) is 5.92. The van der Waals surface area contributed by atoms with Crippen LogP contribution in [0.1, 0.15) is 12.5 Å². The first-order valence-corrected chi connectivity index (χ1v) is 10.3. The lowest BCUT2D eigenvalue weighted by Crippen LogP contribution is -2.32. The maximum Gasteiger partial charge on any atom is 0.412 e. The molecule has 11 heteroatoms. The van der Waals surface area contributed by atoms with Crippen molar-refractivity contribution < 1.29 is 27.6 Å². The summed E-state index contributed by atoms with van der Waals surface area (Å²) in [5.41, 5.74) is 0.794. The van der Waals surface area contributed by atoms with Gasteiger partial charge in [0, 0.05) is 25.2 Å². The van der Waals surface area contributed by atoms with Crippen LogP contribution in [0.5, 0.6) is 11.5 Å². The summed E-state index contributed by atoms with van der Waals surface area (Å²) in [5, 5.41) is 13.2. The fourth-order valence-electron chi connectivity index (χ4n) is 2.60. The summed E-state index contributed by atoms with van der Waals surface area (Å²) < 4.78 is 35.6. The van der Waals surface area contributed by atoms with Gasteiger partial charge in [0.15, 0.2) is 0 Å². The molecule has 0 heterocycles. The number of sulfonamides is 1. The fourth-order valence-corrected chi connectivity index (χ4v) is 3.61. The Morgan fingerprint density at radius 3 is 2.31 bits per heavy atom. The Hall–Kier alpha value is -3.34. The molecule has 29 heavy (non-hydrogen) atoms. The predicted octanol–water partition coefficient (Wildman–Crippen LogP) is 2.68. The Balaban J connectivity index is 2.15. The number of nitro benzene ring substituents is 1. The van der Waals surface area contributed by atoms with Gasteiger partial charge in [0.25, 0.3) is 5.69 Å². The minimum absolute atomic E-state index is 0.0234. The lowest BCUT2D eigenvalue weighted by molar-refractivity contribution is -0.384. The maximum absolute atomic E-state index is 12.1. The van der Waals surface area contributed by atoms with Crippen LogP contribution in [0.4, 0.5) is 16.2 Å². The summed E-state index contributed by atoms with van der Waals surface area (Å²) in [7, 11) is -2.04. The van der Waals surface area contributed by atoms with E-state index in [4.69, 9.17) is 9.47 Å². The SMILES string of the molecule is CCN(c1ccc(OC)cc1CNC(=O)Oc1ccc([N+](=O)[O-])cc1)S(C)(=O)=O. The molecule has 1 amide bonds. The highest BCUT2D eigenvalue weighted by Crippen LogP contribution is 2.27. The van der Waals surface area contributed by atoms with E-state index in [-0.39, 0.29) is 24.5 Å². The van der Waals surface area contributed by atoms with Crippen LogP contribution in [0.2, 0.25) is 0 Å². The second-order valence-corrected chi connectivity index (χ2v) is 7.82. The predicted molar refractivity (Wildman–Crippen MR) is 107 cm³/mol. The van der Waals surface area contributed by atoms with Crippen molar-refractivity contribution in [2.75, 3.05) is 24.2 Å². The van der Waals surface area contributed by atoms with E-state index in [0.717, 1.165) is 6.26 Å². The van der Waals surface area contributed by atoms with Crippen LogP contribution >= 0.6 is 0 Å². The molecule has 2 aromatic carbocycles. The number of anilines is 1. The van der Waals surface area contributed by atoms with Crippen molar-refractivity contribution in [3.8, 4) is 11.5 Å². The fraction of sp³-hybridized carbons (Fsp3) is 0.278. The lowest BCUT2D eigenvalue weighted by atomic mass is 10.1. The van der Waals surface area contributed by atoms with Gasteiger partial charge < -0.3 is 14.8 Å². The molecular weight excluding hydrogens is 402 g/mol. The first-order valence-electron chi connectivity index (χ1n) is 8.50. The second kappa shape index (κ2) is 9.24. The number of nitro groups is 1. The number of nitrogens with zero attached hydrogens (tertiary/aromatic N) is 2. The summed E-state index contributed by atoms with van der Waals surface area (Å²) in [4.78, 5) is 22.2. The van der Waals surface area contributed by atoms with Gasteiger partial charge in [0.05, 0.1) is 24.0 Å². The number of carbonyl (C=O) groups excluding carboxylic acids is 1. The summed E-state index contributed by atoms with van der Waals surface area (Å²) in [6, 6.07) is 9.88. The average Bonchev–Trinajstić information content (AvgIpc) is 2.67. The normalized spacial score (nSPS) is 10.9. The quantitative estimate of drug-likeness (QED) is 0.510. The Labute approximate surface area is 168 Å². The molecule has 0 fully saturated rings. The van der Waals surface area contributed by atoms with E-state index in [1.165, 1.54) is 35.7 Å². The Bertz CT molecular complexity index is 991. The maximum atomic E-state index is 12.1. The molecule has 10 nitrogen and oxygen atoms in total. The van der Waals surface area contributed by atoms with E-state index in [0.29, 0.717) is 17.0 Å². The van der Waals surface area contributed by atoms with Crippen LogP contribution in [-0.4, -0.2) is 39.3 Å². The Morgan fingerprint density at radius 1 is 1.17 bits per heavy atom. The van der Waals surface area contributed by atoms with Crippen molar-refractivity contribution in [3.63, 3.8) is 0 Å². The Morgan fingerprint density at radius 2 is 1.79 bits per heavy atom. The van der Waals surface area contributed by atoms with Crippen LogP contribution in [0.25, 0.3) is 0 Å². The van der Waals surface area contributed by atoms with E-state index < -0.39 is 21.0 Å². The highest BCUT2D eigenvalue weighted by atomic mass is 32.2. The number of nitrogens with one attached hydrogen (secondary N) is 1. The van der Waals surface area contributed by atoms with Gasteiger partial charge in [-0.3, -0.25) is 14.4 Å². The average molecular weight is 423 g/mol.